The fourth-order valence-electron chi connectivity index (χ4n) is 1.35. The molecule has 4 nitrogen and oxygen atoms in total. The second-order valence-electron chi connectivity index (χ2n) is 3.37. The van der Waals surface area contributed by atoms with E-state index < -0.39 is 22.4 Å². The van der Waals surface area contributed by atoms with Crippen molar-refractivity contribution in [2.24, 2.45) is 0 Å². The molecule has 0 atom stereocenters. The van der Waals surface area contributed by atoms with Gasteiger partial charge in [-0.05, 0) is 24.6 Å². The third-order valence-corrected chi connectivity index (χ3v) is 3.64. The molecule has 1 aromatic rings. The predicted molar refractivity (Wildman–Crippen MR) is 57.9 cm³/mol. The highest BCUT2D eigenvalue weighted by atomic mass is 32.2. The minimum atomic E-state index is -3.61. The second-order valence-corrected chi connectivity index (χ2v) is 5.14. The first-order valence-electron chi connectivity index (χ1n) is 4.82. The monoisotopic (exact) mass is 247 g/mol. The number of halogens is 1. The van der Waals surface area contributed by atoms with Crippen molar-refractivity contribution in [1.82, 2.24) is 4.72 Å². The van der Waals surface area contributed by atoms with Gasteiger partial charge in [0, 0.05) is 12.1 Å². The van der Waals surface area contributed by atoms with E-state index in [1.54, 1.807) is 6.92 Å². The molecule has 1 rings (SSSR count). The number of hydrogen-bond donors (Lipinski definition) is 2. The number of aliphatic hydroxyl groups excluding tert-OH is 1. The van der Waals surface area contributed by atoms with Gasteiger partial charge in [-0.3, -0.25) is 0 Å². The van der Waals surface area contributed by atoms with E-state index in [0.29, 0.717) is 0 Å². The average Bonchev–Trinajstić information content (AvgIpc) is 2.21. The van der Waals surface area contributed by atoms with E-state index in [4.69, 9.17) is 5.11 Å². The fraction of sp³-hybridized carbons (Fsp3) is 0.400. The molecule has 0 bridgehead atoms. The Labute approximate surface area is 94.2 Å². The molecule has 16 heavy (non-hydrogen) atoms. The summed E-state index contributed by atoms with van der Waals surface area (Å²) in [5, 5.41) is 8.91. The molecule has 0 aliphatic rings. The van der Waals surface area contributed by atoms with Crippen LogP contribution in [-0.4, -0.2) is 20.1 Å². The summed E-state index contributed by atoms with van der Waals surface area (Å²) in [4.78, 5) is -0.0303. The Morgan fingerprint density at radius 2 is 2.06 bits per heavy atom. The summed E-state index contributed by atoms with van der Waals surface area (Å²) in [7, 11) is -3.61. The van der Waals surface area contributed by atoms with Crippen LogP contribution in [0.1, 0.15) is 18.1 Å². The molecule has 0 radical (unpaired) electrons. The lowest BCUT2D eigenvalue weighted by atomic mass is 10.1. The van der Waals surface area contributed by atoms with E-state index in [9.17, 15) is 12.8 Å². The SMILES string of the molecule is CCNS(=O)(=O)c1cc(C)c(F)c(CO)c1. The van der Waals surface area contributed by atoms with Crippen molar-refractivity contribution in [3.05, 3.63) is 29.1 Å². The van der Waals surface area contributed by atoms with Gasteiger partial charge >= 0.3 is 0 Å². The molecule has 0 aliphatic heterocycles. The molecule has 0 heterocycles. The predicted octanol–water partition coefficient (Wildman–Crippen LogP) is 0.925. The van der Waals surface area contributed by atoms with Gasteiger partial charge in [0.05, 0.1) is 11.5 Å². The molecular weight excluding hydrogens is 233 g/mol. The van der Waals surface area contributed by atoms with E-state index >= 15 is 0 Å². The zero-order valence-electron chi connectivity index (χ0n) is 9.12. The third kappa shape index (κ3) is 2.58. The van der Waals surface area contributed by atoms with E-state index in [1.165, 1.54) is 13.0 Å². The van der Waals surface area contributed by atoms with Crippen molar-refractivity contribution in [3.63, 3.8) is 0 Å². The number of rotatable bonds is 4. The van der Waals surface area contributed by atoms with Gasteiger partial charge in [-0.25, -0.2) is 17.5 Å². The molecule has 0 aromatic heterocycles. The van der Waals surface area contributed by atoms with Crippen molar-refractivity contribution >= 4 is 10.0 Å². The Hall–Kier alpha value is -0.980. The van der Waals surface area contributed by atoms with Crippen LogP contribution in [-0.2, 0) is 16.6 Å². The van der Waals surface area contributed by atoms with Gasteiger partial charge in [-0.2, -0.15) is 0 Å². The van der Waals surface area contributed by atoms with Gasteiger partial charge in [0.25, 0.3) is 0 Å². The van der Waals surface area contributed by atoms with Crippen LogP contribution in [0.3, 0.4) is 0 Å². The molecule has 0 unspecified atom stereocenters. The van der Waals surface area contributed by atoms with Crippen molar-refractivity contribution in [2.45, 2.75) is 25.3 Å². The van der Waals surface area contributed by atoms with Crippen LogP contribution in [0.25, 0.3) is 0 Å². The van der Waals surface area contributed by atoms with E-state index in [1.807, 2.05) is 0 Å². The van der Waals surface area contributed by atoms with Gasteiger partial charge in [0.1, 0.15) is 5.82 Å². The Morgan fingerprint density at radius 1 is 1.44 bits per heavy atom. The van der Waals surface area contributed by atoms with Crippen molar-refractivity contribution in [2.75, 3.05) is 6.54 Å². The molecule has 2 N–H and O–H groups in total. The van der Waals surface area contributed by atoms with Crippen LogP contribution in [0.15, 0.2) is 17.0 Å². The van der Waals surface area contributed by atoms with Crippen LogP contribution in [0.2, 0.25) is 0 Å². The average molecular weight is 247 g/mol. The third-order valence-electron chi connectivity index (χ3n) is 2.12. The largest absolute Gasteiger partial charge is 0.392 e. The maximum Gasteiger partial charge on any atom is 0.240 e. The van der Waals surface area contributed by atoms with Crippen LogP contribution in [0.4, 0.5) is 4.39 Å². The lowest BCUT2D eigenvalue weighted by Crippen LogP contribution is -2.23. The zero-order chi connectivity index (χ0) is 12.3. The Balaban J connectivity index is 3.32. The minimum absolute atomic E-state index is 0.0171. The second kappa shape index (κ2) is 4.90. The molecule has 90 valence electrons. The van der Waals surface area contributed by atoms with Gasteiger partial charge < -0.3 is 5.11 Å². The maximum atomic E-state index is 13.4. The van der Waals surface area contributed by atoms with Crippen LogP contribution in [0.5, 0.6) is 0 Å². The summed E-state index contributed by atoms with van der Waals surface area (Å²) in [6, 6.07) is 2.38. The van der Waals surface area contributed by atoms with Gasteiger partial charge in [-0.1, -0.05) is 6.92 Å². The molecule has 0 fully saturated rings. The molecule has 0 saturated carbocycles. The zero-order valence-corrected chi connectivity index (χ0v) is 9.94. The van der Waals surface area contributed by atoms with Gasteiger partial charge in [0.15, 0.2) is 0 Å². The summed E-state index contributed by atoms with van der Waals surface area (Å²) in [5.41, 5.74) is 0.180. The van der Waals surface area contributed by atoms with Crippen LogP contribution >= 0.6 is 0 Å². The minimum Gasteiger partial charge on any atom is -0.392 e. The molecule has 1 aromatic carbocycles. The van der Waals surface area contributed by atoms with Gasteiger partial charge in [-0.15, -0.1) is 0 Å². The fourth-order valence-corrected chi connectivity index (χ4v) is 2.53. The molecule has 0 saturated heterocycles. The molecule has 6 heteroatoms. The summed E-state index contributed by atoms with van der Waals surface area (Å²) < 4.78 is 39.0. The first-order valence-corrected chi connectivity index (χ1v) is 6.30. The van der Waals surface area contributed by atoms with E-state index in [0.717, 1.165) is 6.07 Å². The summed E-state index contributed by atoms with van der Waals surface area (Å²) in [6.45, 7) is 2.84. The van der Waals surface area contributed by atoms with E-state index in [-0.39, 0.29) is 22.6 Å². The lowest BCUT2D eigenvalue weighted by Gasteiger charge is -2.09. The number of nitrogens with one attached hydrogen (secondary N) is 1. The van der Waals surface area contributed by atoms with Crippen LogP contribution in [0, 0.1) is 12.7 Å². The van der Waals surface area contributed by atoms with Crippen molar-refractivity contribution in [3.8, 4) is 0 Å². The highest BCUT2D eigenvalue weighted by molar-refractivity contribution is 7.89. The Kier molecular flexibility index (Phi) is 4.01. The Morgan fingerprint density at radius 3 is 2.56 bits per heavy atom. The topological polar surface area (TPSA) is 66.4 Å². The smallest absolute Gasteiger partial charge is 0.240 e. The highest BCUT2D eigenvalue weighted by Gasteiger charge is 2.16. The number of benzene rings is 1. The van der Waals surface area contributed by atoms with Gasteiger partial charge in [0.2, 0.25) is 10.0 Å². The van der Waals surface area contributed by atoms with Crippen molar-refractivity contribution < 1.29 is 17.9 Å². The summed E-state index contributed by atoms with van der Waals surface area (Å²) in [5.74, 6) is -0.571. The number of aryl methyl sites for hydroxylation is 1. The quantitative estimate of drug-likeness (QED) is 0.831. The summed E-state index contributed by atoms with van der Waals surface area (Å²) >= 11 is 0. The van der Waals surface area contributed by atoms with Crippen LogP contribution < -0.4 is 4.72 Å². The first-order chi connectivity index (χ1) is 7.42. The molecule has 0 aliphatic carbocycles. The molecule has 0 spiro atoms. The normalized spacial score (nSPS) is 11.8. The molecular formula is C10H14FNO3S. The maximum absolute atomic E-state index is 13.4. The highest BCUT2D eigenvalue weighted by Crippen LogP contribution is 2.19. The number of aliphatic hydroxyl groups is 1. The first kappa shape index (κ1) is 13.1. The lowest BCUT2D eigenvalue weighted by molar-refractivity contribution is 0.275. The number of sulfonamides is 1. The van der Waals surface area contributed by atoms with Crippen molar-refractivity contribution in [1.29, 1.82) is 0 Å². The summed E-state index contributed by atoms with van der Waals surface area (Å²) in [6.07, 6.45) is 0. The van der Waals surface area contributed by atoms with E-state index in [2.05, 4.69) is 4.72 Å². The number of hydrogen-bond acceptors (Lipinski definition) is 3. The standard InChI is InChI=1S/C10H14FNO3S/c1-3-12-16(14,15)9-4-7(2)10(11)8(5-9)6-13/h4-5,12-13H,3,6H2,1-2H3. The molecule has 0 amide bonds. The Bertz CT molecular complexity index is 485.